The highest BCUT2D eigenvalue weighted by atomic mass is 79.9. The van der Waals surface area contributed by atoms with Crippen LogP contribution in [0.5, 0.6) is 0 Å². The fraction of sp³-hybridized carbons (Fsp3) is 0.333. The zero-order valence-corrected chi connectivity index (χ0v) is 16.0. The third kappa shape index (κ3) is 4.44. The Morgan fingerprint density at radius 2 is 1.81 bits per heavy atom. The Morgan fingerprint density at radius 1 is 1.19 bits per heavy atom. The van der Waals surface area contributed by atoms with Crippen LogP contribution in [0.4, 0.5) is 0 Å². The molecule has 2 rings (SSSR count). The van der Waals surface area contributed by atoms with E-state index in [9.17, 15) is 4.79 Å². The lowest BCUT2D eigenvalue weighted by atomic mass is 9.92. The summed E-state index contributed by atoms with van der Waals surface area (Å²) in [6, 6.07) is 8.08. The van der Waals surface area contributed by atoms with E-state index in [1.54, 1.807) is 11.8 Å². The first kappa shape index (κ1) is 16.8. The molecule has 0 saturated carbocycles. The van der Waals surface area contributed by atoms with Crippen LogP contribution in [-0.4, -0.2) is 9.97 Å². The summed E-state index contributed by atoms with van der Waals surface area (Å²) in [5.74, 6) is 1.33. The number of benzene rings is 1. The molecule has 0 radical (unpaired) electrons. The van der Waals surface area contributed by atoms with Crippen LogP contribution in [0, 0.1) is 0 Å². The zero-order chi connectivity index (χ0) is 15.6. The summed E-state index contributed by atoms with van der Waals surface area (Å²) in [7, 11) is 0. The van der Waals surface area contributed by atoms with Crippen LogP contribution < -0.4 is 5.56 Å². The van der Waals surface area contributed by atoms with Crippen molar-refractivity contribution in [2.75, 3.05) is 0 Å². The minimum Gasteiger partial charge on any atom is -0.309 e. The summed E-state index contributed by atoms with van der Waals surface area (Å²) in [5.41, 5.74) is 0.489. The standard InChI is InChI=1S/C15H16Br2N2OS/c1-15(2,3)13-12(17)14(20)19-11(18-13)8-21-10-6-4-9(16)5-7-10/h4-7H,8H2,1-3H3,(H,18,19,20). The van der Waals surface area contributed by atoms with Crippen molar-refractivity contribution in [3.8, 4) is 0 Å². The first-order valence-corrected chi connectivity index (χ1v) is 9.02. The second-order valence-corrected chi connectivity index (χ2v) is 8.43. The van der Waals surface area contributed by atoms with E-state index in [0.717, 1.165) is 15.1 Å². The Bertz CT molecular complexity index is 690. The predicted molar refractivity (Wildman–Crippen MR) is 95.0 cm³/mol. The number of nitrogens with one attached hydrogen (secondary N) is 1. The second-order valence-electron chi connectivity index (χ2n) is 5.67. The van der Waals surface area contributed by atoms with E-state index < -0.39 is 0 Å². The van der Waals surface area contributed by atoms with Gasteiger partial charge in [0.1, 0.15) is 10.3 Å². The Kier molecular flexibility index (Phi) is 5.33. The number of halogens is 2. The highest BCUT2D eigenvalue weighted by molar-refractivity contribution is 9.10. The largest absolute Gasteiger partial charge is 0.309 e. The summed E-state index contributed by atoms with van der Waals surface area (Å²) < 4.78 is 1.57. The zero-order valence-electron chi connectivity index (χ0n) is 12.0. The van der Waals surface area contributed by atoms with Gasteiger partial charge in [-0.3, -0.25) is 4.79 Å². The highest BCUT2D eigenvalue weighted by Gasteiger charge is 2.21. The Balaban J connectivity index is 2.23. The molecule has 1 N–H and O–H groups in total. The molecule has 112 valence electrons. The van der Waals surface area contributed by atoms with Gasteiger partial charge in [0.05, 0.1) is 11.4 Å². The summed E-state index contributed by atoms with van der Waals surface area (Å²) in [6.45, 7) is 6.14. The fourth-order valence-electron chi connectivity index (χ4n) is 1.75. The Morgan fingerprint density at radius 3 is 2.38 bits per heavy atom. The molecular formula is C15H16Br2N2OS. The van der Waals surface area contributed by atoms with Crippen LogP contribution in [0.3, 0.4) is 0 Å². The van der Waals surface area contributed by atoms with E-state index in [2.05, 4.69) is 41.8 Å². The van der Waals surface area contributed by atoms with Crippen LogP contribution in [0.2, 0.25) is 0 Å². The lowest BCUT2D eigenvalue weighted by molar-refractivity contribution is 0.558. The lowest BCUT2D eigenvalue weighted by Crippen LogP contribution is -2.23. The molecule has 0 aliphatic carbocycles. The van der Waals surface area contributed by atoms with Gasteiger partial charge in [0.15, 0.2) is 0 Å². The number of aromatic amines is 1. The number of H-pyrrole nitrogens is 1. The second kappa shape index (κ2) is 6.67. The minimum absolute atomic E-state index is 0.124. The molecule has 1 aromatic heterocycles. The van der Waals surface area contributed by atoms with E-state index in [1.165, 1.54) is 0 Å². The van der Waals surface area contributed by atoms with Gasteiger partial charge in [-0.05, 0) is 40.2 Å². The van der Waals surface area contributed by atoms with Crippen molar-refractivity contribution in [1.82, 2.24) is 9.97 Å². The van der Waals surface area contributed by atoms with E-state index in [4.69, 9.17) is 0 Å². The van der Waals surface area contributed by atoms with Crippen LogP contribution in [0.15, 0.2) is 42.9 Å². The number of hydrogen-bond donors (Lipinski definition) is 1. The molecule has 0 fully saturated rings. The van der Waals surface area contributed by atoms with E-state index in [-0.39, 0.29) is 11.0 Å². The first-order valence-electron chi connectivity index (χ1n) is 6.45. The molecule has 0 spiro atoms. The van der Waals surface area contributed by atoms with Crippen molar-refractivity contribution in [2.45, 2.75) is 36.8 Å². The number of aromatic nitrogens is 2. The summed E-state index contributed by atoms with van der Waals surface area (Å²) in [5, 5.41) is 0. The molecule has 0 atom stereocenters. The monoisotopic (exact) mass is 430 g/mol. The molecule has 3 nitrogen and oxygen atoms in total. The lowest BCUT2D eigenvalue weighted by Gasteiger charge is -2.19. The molecule has 1 heterocycles. The number of nitrogens with zero attached hydrogens (tertiary/aromatic N) is 1. The number of hydrogen-bond acceptors (Lipinski definition) is 3. The normalized spacial score (nSPS) is 11.7. The third-order valence-corrected chi connectivity index (χ3v) is 5.10. The number of thioether (sulfide) groups is 1. The predicted octanol–water partition coefficient (Wildman–Crippen LogP) is 4.88. The molecule has 0 amide bonds. The van der Waals surface area contributed by atoms with Crippen LogP contribution in [0.25, 0.3) is 0 Å². The van der Waals surface area contributed by atoms with Crippen LogP contribution in [-0.2, 0) is 11.2 Å². The van der Waals surface area contributed by atoms with Crippen molar-refractivity contribution in [2.24, 2.45) is 0 Å². The number of rotatable bonds is 3. The van der Waals surface area contributed by atoms with Gasteiger partial charge in [0.2, 0.25) is 0 Å². The van der Waals surface area contributed by atoms with Gasteiger partial charge in [0, 0.05) is 14.8 Å². The van der Waals surface area contributed by atoms with Gasteiger partial charge in [-0.2, -0.15) is 0 Å². The molecular weight excluding hydrogens is 416 g/mol. The third-order valence-electron chi connectivity index (χ3n) is 2.81. The summed E-state index contributed by atoms with van der Waals surface area (Å²) in [4.78, 5) is 20.6. The minimum atomic E-state index is -0.176. The summed E-state index contributed by atoms with van der Waals surface area (Å²) >= 11 is 8.40. The van der Waals surface area contributed by atoms with Crippen molar-refractivity contribution in [3.05, 3.63) is 55.1 Å². The molecule has 6 heteroatoms. The van der Waals surface area contributed by atoms with Crippen molar-refractivity contribution >= 4 is 43.6 Å². The maximum Gasteiger partial charge on any atom is 0.265 e. The fourth-order valence-corrected chi connectivity index (χ4v) is 3.57. The first-order chi connectivity index (χ1) is 9.77. The van der Waals surface area contributed by atoms with E-state index >= 15 is 0 Å². The average molecular weight is 432 g/mol. The molecule has 0 aliphatic rings. The molecule has 0 saturated heterocycles. The summed E-state index contributed by atoms with van der Waals surface area (Å²) in [6.07, 6.45) is 0. The maximum absolute atomic E-state index is 12.0. The van der Waals surface area contributed by atoms with E-state index in [0.29, 0.717) is 16.0 Å². The molecule has 0 aliphatic heterocycles. The van der Waals surface area contributed by atoms with Gasteiger partial charge in [-0.15, -0.1) is 11.8 Å². The SMILES string of the molecule is CC(C)(C)c1nc(CSc2ccc(Br)cc2)[nH]c(=O)c1Br. The molecule has 1 aromatic carbocycles. The van der Waals surface area contributed by atoms with Crippen LogP contribution >= 0.6 is 43.6 Å². The van der Waals surface area contributed by atoms with Gasteiger partial charge in [0.25, 0.3) is 5.56 Å². The quantitative estimate of drug-likeness (QED) is 0.704. The smallest absolute Gasteiger partial charge is 0.265 e. The van der Waals surface area contributed by atoms with Gasteiger partial charge in [-0.1, -0.05) is 36.7 Å². The Hall–Kier alpha value is -0.590. The molecule has 0 bridgehead atoms. The topological polar surface area (TPSA) is 45.8 Å². The van der Waals surface area contributed by atoms with Crippen molar-refractivity contribution < 1.29 is 0 Å². The Labute approximate surface area is 145 Å². The molecule has 0 unspecified atom stereocenters. The molecule has 2 aromatic rings. The van der Waals surface area contributed by atoms with Crippen LogP contribution in [0.1, 0.15) is 32.3 Å². The van der Waals surface area contributed by atoms with Gasteiger partial charge in [-0.25, -0.2) is 4.98 Å². The maximum atomic E-state index is 12.0. The van der Waals surface area contributed by atoms with Gasteiger partial charge >= 0.3 is 0 Å². The average Bonchev–Trinajstić information content (AvgIpc) is 2.40. The van der Waals surface area contributed by atoms with Crippen molar-refractivity contribution in [3.63, 3.8) is 0 Å². The van der Waals surface area contributed by atoms with Crippen molar-refractivity contribution in [1.29, 1.82) is 0 Å². The highest BCUT2D eigenvalue weighted by Crippen LogP contribution is 2.27. The molecule has 21 heavy (non-hydrogen) atoms. The van der Waals surface area contributed by atoms with E-state index in [1.807, 2.05) is 45.0 Å². The van der Waals surface area contributed by atoms with Gasteiger partial charge < -0.3 is 4.98 Å².